The van der Waals surface area contributed by atoms with Crippen molar-refractivity contribution >= 4 is 52.5 Å². The van der Waals surface area contributed by atoms with E-state index in [0.717, 1.165) is 47.5 Å². The number of nitrogens with zero attached hydrogens (tertiary/aromatic N) is 2. The van der Waals surface area contributed by atoms with Crippen molar-refractivity contribution < 1.29 is 52.8 Å². The van der Waals surface area contributed by atoms with E-state index in [4.69, 9.17) is 5.73 Å². The third-order valence-electron chi connectivity index (χ3n) is 5.45. The van der Waals surface area contributed by atoms with Crippen molar-refractivity contribution in [1.82, 2.24) is 0 Å². The molecule has 2 rings (SSSR count). The summed E-state index contributed by atoms with van der Waals surface area (Å²) in [7, 11) is 4.40. The molecule has 0 spiro atoms. The fourth-order valence-corrected chi connectivity index (χ4v) is 3.52. The van der Waals surface area contributed by atoms with Crippen molar-refractivity contribution in [2.45, 2.75) is 20.8 Å². The number of benzene rings is 2. The number of nitrogens with one attached hydrogen (secondary N) is 1. The monoisotopic (exact) mass is 578 g/mol. The highest BCUT2D eigenvalue weighted by molar-refractivity contribution is 6.08. The molecule has 0 saturated heterocycles. The van der Waals surface area contributed by atoms with E-state index in [0.29, 0.717) is 0 Å². The number of methoxy groups -OCH3 is 4. The lowest BCUT2D eigenvalue weighted by Gasteiger charge is -2.14. The van der Waals surface area contributed by atoms with Gasteiger partial charge < -0.3 is 30.0 Å². The van der Waals surface area contributed by atoms with Gasteiger partial charge in [0.2, 0.25) is 5.91 Å². The number of anilines is 2. The lowest BCUT2D eigenvalue weighted by atomic mass is 9.98. The van der Waals surface area contributed by atoms with Crippen molar-refractivity contribution in [2.75, 3.05) is 39.5 Å². The van der Waals surface area contributed by atoms with Gasteiger partial charge in [-0.1, -0.05) is 0 Å². The quantitative estimate of drug-likeness (QED) is 0.157. The molecular formula is C24H26N4O13. The number of nitro benzene ring substituents is 2. The zero-order chi connectivity index (χ0) is 31.8. The first-order valence-corrected chi connectivity index (χ1v) is 11.1. The molecule has 0 unspecified atom stereocenters. The number of rotatable bonds is 7. The number of nitro groups is 2. The standard InChI is InChI=1S/C13H14N2O7.C11H12N2O6/c1-6-10(13(18)22-4)8(12(17)21-3)5-9(15(19)20)11(6)14-7(2)16;1-5-8(11(15)19-3)6(10(14)18-2)4-7(9(5)12)13(16)17/h5H,1-4H3,(H,14,16);4H,12H2,1-3H3. The van der Waals surface area contributed by atoms with E-state index in [1.54, 1.807) is 0 Å². The van der Waals surface area contributed by atoms with Crippen molar-refractivity contribution in [2.24, 2.45) is 0 Å². The van der Waals surface area contributed by atoms with E-state index in [2.05, 4.69) is 24.3 Å². The minimum Gasteiger partial charge on any atom is -0.465 e. The molecule has 17 nitrogen and oxygen atoms in total. The highest BCUT2D eigenvalue weighted by Gasteiger charge is 2.31. The lowest BCUT2D eigenvalue weighted by Crippen LogP contribution is -2.18. The summed E-state index contributed by atoms with van der Waals surface area (Å²) in [4.78, 5) is 78.6. The minimum atomic E-state index is -0.930. The number of carbonyl (C=O) groups excluding carboxylic acids is 5. The molecule has 2 aromatic rings. The second kappa shape index (κ2) is 14.0. The van der Waals surface area contributed by atoms with Gasteiger partial charge in [-0.15, -0.1) is 0 Å². The van der Waals surface area contributed by atoms with Crippen LogP contribution in [-0.4, -0.2) is 68.1 Å². The molecule has 0 aliphatic heterocycles. The van der Waals surface area contributed by atoms with E-state index in [1.807, 2.05) is 0 Å². The van der Waals surface area contributed by atoms with Crippen LogP contribution in [0.5, 0.6) is 0 Å². The lowest BCUT2D eigenvalue weighted by molar-refractivity contribution is -0.384. The second-order valence-electron chi connectivity index (χ2n) is 7.84. The van der Waals surface area contributed by atoms with Gasteiger partial charge in [0.1, 0.15) is 11.4 Å². The Morgan fingerprint density at radius 3 is 1.41 bits per heavy atom. The summed E-state index contributed by atoms with van der Waals surface area (Å²) in [5.41, 5.74) is 3.44. The molecular weight excluding hydrogens is 552 g/mol. The van der Waals surface area contributed by atoms with Crippen LogP contribution in [0.4, 0.5) is 22.7 Å². The molecule has 0 aliphatic rings. The highest BCUT2D eigenvalue weighted by atomic mass is 16.6. The normalized spacial score (nSPS) is 9.83. The molecule has 0 bridgehead atoms. The Morgan fingerprint density at radius 1 is 0.707 bits per heavy atom. The number of hydrogen-bond acceptors (Lipinski definition) is 14. The van der Waals surface area contributed by atoms with E-state index < -0.39 is 51.0 Å². The fraction of sp³-hybridized carbons (Fsp3) is 0.292. The number of hydrogen-bond donors (Lipinski definition) is 2. The van der Waals surface area contributed by atoms with Gasteiger partial charge >= 0.3 is 23.9 Å². The largest absolute Gasteiger partial charge is 0.465 e. The third-order valence-corrected chi connectivity index (χ3v) is 5.45. The molecule has 0 heterocycles. The van der Waals surface area contributed by atoms with Gasteiger partial charge in [-0.2, -0.15) is 0 Å². The summed E-state index contributed by atoms with van der Waals surface area (Å²) in [5.74, 6) is -4.07. The highest BCUT2D eigenvalue weighted by Crippen LogP contribution is 2.34. The van der Waals surface area contributed by atoms with Crippen LogP contribution in [0.15, 0.2) is 12.1 Å². The topological polar surface area (TPSA) is 247 Å². The van der Waals surface area contributed by atoms with Crippen molar-refractivity contribution in [1.29, 1.82) is 0 Å². The van der Waals surface area contributed by atoms with E-state index in [-0.39, 0.29) is 44.8 Å². The maximum absolute atomic E-state index is 11.9. The molecule has 2 aromatic carbocycles. The zero-order valence-electron chi connectivity index (χ0n) is 22.9. The van der Waals surface area contributed by atoms with Crippen LogP contribution in [0.2, 0.25) is 0 Å². The van der Waals surface area contributed by atoms with Gasteiger partial charge in [0.25, 0.3) is 11.4 Å². The Balaban J connectivity index is 0.000000414. The SMILES string of the molecule is COC(=O)c1cc([N+](=O)[O-])c(N)c(C)c1C(=O)OC.COC(=O)c1cc([N+](=O)[O-])c(NC(C)=O)c(C)c1C(=O)OC. The molecule has 220 valence electrons. The Kier molecular flexibility index (Phi) is 11.4. The van der Waals surface area contributed by atoms with Crippen LogP contribution >= 0.6 is 0 Å². The second-order valence-corrected chi connectivity index (χ2v) is 7.84. The Hall–Kier alpha value is -5.61. The molecule has 41 heavy (non-hydrogen) atoms. The molecule has 17 heteroatoms. The Labute approximate surface area is 231 Å². The molecule has 3 N–H and O–H groups in total. The maximum Gasteiger partial charge on any atom is 0.339 e. The predicted octanol–water partition coefficient (Wildman–Crippen LogP) is 2.49. The zero-order valence-corrected chi connectivity index (χ0v) is 22.9. The molecule has 0 fully saturated rings. The number of amides is 1. The van der Waals surface area contributed by atoms with Crippen molar-refractivity contribution in [3.8, 4) is 0 Å². The van der Waals surface area contributed by atoms with Crippen molar-refractivity contribution in [3.05, 3.63) is 65.7 Å². The van der Waals surface area contributed by atoms with Crippen LogP contribution in [-0.2, 0) is 23.7 Å². The summed E-state index contributed by atoms with van der Waals surface area (Å²) >= 11 is 0. The first kappa shape index (κ1) is 33.4. The fourth-order valence-electron chi connectivity index (χ4n) is 3.52. The molecule has 0 aromatic heterocycles. The summed E-state index contributed by atoms with van der Waals surface area (Å²) in [6, 6.07) is 1.77. The maximum atomic E-state index is 11.9. The van der Waals surface area contributed by atoms with E-state index in [9.17, 15) is 44.2 Å². The van der Waals surface area contributed by atoms with Crippen LogP contribution in [0, 0.1) is 34.1 Å². The number of nitrogen functional groups attached to an aromatic ring is 1. The molecule has 0 saturated carbocycles. The molecule has 0 aliphatic carbocycles. The van der Waals surface area contributed by atoms with E-state index in [1.165, 1.54) is 13.8 Å². The van der Waals surface area contributed by atoms with Gasteiger partial charge in [-0.25, -0.2) is 19.2 Å². The average molecular weight is 578 g/mol. The van der Waals surface area contributed by atoms with E-state index >= 15 is 0 Å². The summed E-state index contributed by atoms with van der Waals surface area (Å²) in [6.07, 6.45) is 0. The van der Waals surface area contributed by atoms with Gasteiger partial charge in [0, 0.05) is 19.1 Å². The van der Waals surface area contributed by atoms with Gasteiger partial charge in [0.15, 0.2) is 0 Å². The predicted molar refractivity (Wildman–Crippen MR) is 140 cm³/mol. The summed E-state index contributed by atoms with van der Waals surface area (Å²) in [6.45, 7) is 3.91. The van der Waals surface area contributed by atoms with Crippen LogP contribution in [0.1, 0.15) is 59.5 Å². The Bertz CT molecular complexity index is 1450. The van der Waals surface area contributed by atoms with Crippen molar-refractivity contribution in [3.63, 3.8) is 0 Å². The van der Waals surface area contributed by atoms with Gasteiger partial charge in [0.05, 0.1) is 60.5 Å². The van der Waals surface area contributed by atoms with Crippen LogP contribution in [0.3, 0.4) is 0 Å². The Morgan fingerprint density at radius 2 is 1.07 bits per heavy atom. The number of nitrogens with two attached hydrogens (primary N) is 1. The minimum absolute atomic E-state index is 0.0386. The third kappa shape index (κ3) is 7.28. The van der Waals surface area contributed by atoms with Crippen LogP contribution in [0.25, 0.3) is 0 Å². The molecule has 1 amide bonds. The first-order chi connectivity index (χ1) is 19.1. The number of carbonyl (C=O) groups is 5. The first-order valence-electron chi connectivity index (χ1n) is 11.1. The smallest absolute Gasteiger partial charge is 0.339 e. The summed E-state index contributed by atoms with van der Waals surface area (Å²) in [5, 5.41) is 24.3. The van der Waals surface area contributed by atoms with Gasteiger partial charge in [-0.3, -0.25) is 25.0 Å². The molecule has 0 radical (unpaired) electrons. The van der Waals surface area contributed by atoms with Gasteiger partial charge in [-0.05, 0) is 25.0 Å². The average Bonchev–Trinajstić information content (AvgIpc) is 2.93. The number of esters is 4. The van der Waals surface area contributed by atoms with Crippen LogP contribution < -0.4 is 11.1 Å². The summed E-state index contributed by atoms with van der Waals surface area (Å²) < 4.78 is 18.1. The molecule has 0 atom stereocenters. The number of ether oxygens (including phenoxy) is 4.